The number of carbonyl (C=O) groups excluding carboxylic acids is 2. The molecule has 0 radical (unpaired) electrons. The number of nitrogens with zero attached hydrogens (tertiary/aromatic N) is 2. The fourth-order valence-electron chi connectivity index (χ4n) is 5.29. The van der Waals surface area contributed by atoms with Gasteiger partial charge in [0, 0.05) is 24.7 Å². The number of fused-ring (bicyclic) bond motifs is 1. The lowest BCUT2D eigenvalue weighted by molar-refractivity contribution is -0.146. The summed E-state index contributed by atoms with van der Waals surface area (Å²) in [6.45, 7) is 0.842. The van der Waals surface area contributed by atoms with Crippen LogP contribution in [-0.2, 0) is 9.59 Å². The second-order valence-corrected chi connectivity index (χ2v) is 8.40. The van der Waals surface area contributed by atoms with Crippen LogP contribution in [0.25, 0.3) is 0 Å². The predicted octanol–water partition coefficient (Wildman–Crippen LogP) is 2.78. The van der Waals surface area contributed by atoms with Crippen LogP contribution in [0.3, 0.4) is 0 Å². The van der Waals surface area contributed by atoms with Gasteiger partial charge in [0.2, 0.25) is 5.91 Å². The van der Waals surface area contributed by atoms with Crippen molar-refractivity contribution in [1.82, 2.24) is 9.80 Å². The number of aliphatic carboxylic acids is 1. The Morgan fingerprint density at radius 3 is 2.46 bits per heavy atom. The van der Waals surface area contributed by atoms with Gasteiger partial charge in [-0.05, 0) is 50.2 Å². The molecule has 6 nitrogen and oxygen atoms in total. The first-order valence-corrected chi connectivity index (χ1v) is 10.5. The van der Waals surface area contributed by atoms with E-state index in [9.17, 15) is 19.5 Å². The summed E-state index contributed by atoms with van der Waals surface area (Å²) in [7, 11) is 0. The summed E-state index contributed by atoms with van der Waals surface area (Å²) in [6.07, 6.45) is 6.27. The number of carbonyl (C=O) groups is 3. The molecule has 2 saturated heterocycles. The third-order valence-corrected chi connectivity index (χ3v) is 6.71. The number of benzene rings is 1. The summed E-state index contributed by atoms with van der Waals surface area (Å²) in [5.74, 6) is -1.10. The van der Waals surface area contributed by atoms with Gasteiger partial charge in [0.25, 0.3) is 5.91 Å². The van der Waals surface area contributed by atoms with Crippen molar-refractivity contribution < 1.29 is 19.5 Å². The van der Waals surface area contributed by atoms with Gasteiger partial charge in [-0.15, -0.1) is 0 Å². The smallest absolute Gasteiger partial charge is 0.308 e. The number of hydrogen-bond acceptors (Lipinski definition) is 3. The molecule has 2 heterocycles. The van der Waals surface area contributed by atoms with Gasteiger partial charge in [-0.3, -0.25) is 14.4 Å². The van der Waals surface area contributed by atoms with Gasteiger partial charge < -0.3 is 14.9 Å². The number of carboxylic acids is 1. The second-order valence-electron chi connectivity index (χ2n) is 8.40. The molecule has 1 aromatic rings. The maximum absolute atomic E-state index is 13.4. The molecular weight excluding hydrogens is 356 g/mol. The van der Waals surface area contributed by atoms with Gasteiger partial charge in [-0.25, -0.2) is 0 Å². The minimum absolute atomic E-state index is 0.0652. The molecule has 4 rings (SSSR count). The van der Waals surface area contributed by atoms with Crippen molar-refractivity contribution >= 4 is 17.8 Å². The van der Waals surface area contributed by atoms with Crippen LogP contribution in [0, 0.1) is 11.8 Å². The minimum atomic E-state index is -0.838. The fraction of sp³-hybridized carbons (Fsp3) is 0.591. The highest BCUT2D eigenvalue weighted by Crippen LogP contribution is 2.41. The Balaban J connectivity index is 1.59. The van der Waals surface area contributed by atoms with Crippen LogP contribution in [0.4, 0.5) is 0 Å². The van der Waals surface area contributed by atoms with Crippen molar-refractivity contribution in [3.8, 4) is 0 Å². The maximum atomic E-state index is 13.4. The number of hydrogen-bond donors (Lipinski definition) is 1. The van der Waals surface area contributed by atoms with Gasteiger partial charge in [0.1, 0.15) is 6.04 Å². The zero-order valence-corrected chi connectivity index (χ0v) is 16.1. The zero-order valence-electron chi connectivity index (χ0n) is 16.1. The lowest BCUT2D eigenvalue weighted by atomic mass is 9.84. The summed E-state index contributed by atoms with van der Waals surface area (Å²) in [4.78, 5) is 41.7. The van der Waals surface area contributed by atoms with Gasteiger partial charge in [-0.1, -0.05) is 31.0 Å². The molecule has 2 aliphatic heterocycles. The van der Waals surface area contributed by atoms with Gasteiger partial charge >= 0.3 is 5.97 Å². The molecule has 0 bridgehead atoms. The van der Waals surface area contributed by atoms with Crippen LogP contribution in [-0.4, -0.2) is 57.9 Å². The third-order valence-electron chi connectivity index (χ3n) is 6.71. The molecule has 2 amide bonds. The Morgan fingerprint density at radius 1 is 0.964 bits per heavy atom. The van der Waals surface area contributed by atoms with E-state index in [0.29, 0.717) is 37.3 Å². The Bertz CT molecular complexity index is 750. The first-order chi connectivity index (χ1) is 13.6. The van der Waals surface area contributed by atoms with E-state index >= 15 is 0 Å². The van der Waals surface area contributed by atoms with Crippen LogP contribution < -0.4 is 0 Å². The summed E-state index contributed by atoms with van der Waals surface area (Å²) < 4.78 is 0. The van der Waals surface area contributed by atoms with Gasteiger partial charge in [0.15, 0.2) is 0 Å². The molecule has 4 unspecified atom stereocenters. The van der Waals surface area contributed by atoms with Crippen LogP contribution in [0.1, 0.15) is 55.3 Å². The summed E-state index contributed by atoms with van der Waals surface area (Å²) in [5.41, 5.74) is 0.619. The average Bonchev–Trinajstić information content (AvgIpc) is 3.13. The Hall–Kier alpha value is -2.37. The van der Waals surface area contributed by atoms with Crippen LogP contribution in [0.2, 0.25) is 0 Å². The monoisotopic (exact) mass is 384 g/mol. The lowest BCUT2D eigenvalue weighted by Gasteiger charge is -2.37. The number of carboxylic acid groups (broad SMARTS) is 1. The molecule has 1 saturated carbocycles. The molecular formula is C22H28N2O4. The van der Waals surface area contributed by atoms with E-state index in [0.717, 1.165) is 25.7 Å². The molecule has 150 valence electrons. The molecule has 3 fully saturated rings. The Morgan fingerprint density at radius 2 is 1.71 bits per heavy atom. The normalized spacial score (nSPS) is 30.0. The predicted molar refractivity (Wildman–Crippen MR) is 104 cm³/mol. The number of piperidine rings is 1. The minimum Gasteiger partial charge on any atom is -0.481 e. The topological polar surface area (TPSA) is 77.9 Å². The fourth-order valence-corrected chi connectivity index (χ4v) is 5.29. The highest BCUT2D eigenvalue weighted by Gasteiger charge is 2.49. The molecule has 0 aromatic heterocycles. The second kappa shape index (κ2) is 7.94. The zero-order chi connectivity index (χ0) is 19.7. The third kappa shape index (κ3) is 3.52. The van der Waals surface area contributed by atoms with E-state index in [1.165, 1.54) is 0 Å². The first-order valence-electron chi connectivity index (χ1n) is 10.5. The lowest BCUT2D eigenvalue weighted by Crippen LogP contribution is -2.53. The van der Waals surface area contributed by atoms with Crippen LogP contribution in [0.15, 0.2) is 30.3 Å². The first kappa shape index (κ1) is 19.0. The maximum Gasteiger partial charge on any atom is 0.308 e. The van der Waals surface area contributed by atoms with Crippen LogP contribution in [0.5, 0.6) is 0 Å². The van der Waals surface area contributed by atoms with Crippen molar-refractivity contribution in [1.29, 1.82) is 0 Å². The molecule has 1 aliphatic carbocycles. The molecule has 28 heavy (non-hydrogen) atoms. The van der Waals surface area contributed by atoms with Crippen molar-refractivity contribution in [2.45, 2.75) is 57.0 Å². The quantitative estimate of drug-likeness (QED) is 0.869. The van der Waals surface area contributed by atoms with E-state index in [1.54, 1.807) is 17.0 Å². The van der Waals surface area contributed by atoms with E-state index in [4.69, 9.17) is 0 Å². The van der Waals surface area contributed by atoms with E-state index in [2.05, 4.69) is 0 Å². The van der Waals surface area contributed by atoms with E-state index in [1.807, 2.05) is 23.1 Å². The average molecular weight is 384 g/mol. The molecule has 1 aromatic carbocycles. The van der Waals surface area contributed by atoms with Crippen molar-refractivity contribution in [3.63, 3.8) is 0 Å². The van der Waals surface area contributed by atoms with Crippen molar-refractivity contribution in [2.24, 2.45) is 11.8 Å². The summed E-state index contributed by atoms with van der Waals surface area (Å²) in [6, 6.07) is 8.85. The van der Waals surface area contributed by atoms with Gasteiger partial charge in [0.05, 0.1) is 5.92 Å². The molecule has 4 atom stereocenters. The number of rotatable bonds is 3. The standard InChI is InChI=1S/C22H28N2O4/c25-20(15-7-2-1-3-8-15)24-18-11-5-4-9-16(18)13-19(24)21(26)23-12-6-10-17(14-23)22(27)28/h1-3,7-8,16-19H,4-6,9-14H2,(H,27,28). The number of likely N-dealkylation sites (tertiary alicyclic amines) is 2. The van der Waals surface area contributed by atoms with Gasteiger partial charge in [-0.2, -0.15) is 0 Å². The number of amides is 2. The van der Waals surface area contributed by atoms with E-state index in [-0.39, 0.29) is 24.4 Å². The van der Waals surface area contributed by atoms with Crippen LogP contribution >= 0.6 is 0 Å². The molecule has 0 spiro atoms. The summed E-state index contributed by atoms with van der Waals surface area (Å²) >= 11 is 0. The Labute approximate surface area is 165 Å². The molecule has 3 aliphatic rings. The summed E-state index contributed by atoms with van der Waals surface area (Å²) in [5, 5.41) is 9.36. The Kier molecular flexibility index (Phi) is 5.38. The molecule has 6 heteroatoms. The largest absolute Gasteiger partial charge is 0.481 e. The van der Waals surface area contributed by atoms with Crippen molar-refractivity contribution in [3.05, 3.63) is 35.9 Å². The highest BCUT2D eigenvalue weighted by molar-refractivity contribution is 5.98. The highest BCUT2D eigenvalue weighted by atomic mass is 16.4. The molecule has 1 N–H and O–H groups in total. The van der Waals surface area contributed by atoms with E-state index < -0.39 is 17.9 Å². The van der Waals surface area contributed by atoms with Crippen molar-refractivity contribution in [2.75, 3.05) is 13.1 Å². The SMILES string of the molecule is O=C(O)C1CCCN(C(=O)C2CC3CCCCC3N2C(=O)c2ccccc2)C1.